The summed E-state index contributed by atoms with van der Waals surface area (Å²) < 4.78 is 10.6. The van der Waals surface area contributed by atoms with Gasteiger partial charge < -0.3 is 14.6 Å². The summed E-state index contributed by atoms with van der Waals surface area (Å²) in [5, 5.41) is 8.77. The highest BCUT2D eigenvalue weighted by Gasteiger charge is 2.17. The van der Waals surface area contributed by atoms with Crippen molar-refractivity contribution in [2.45, 2.75) is 19.1 Å². The minimum atomic E-state index is -0.0488. The Bertz CT molecular complexity index is 283. The molecule has 2 rings (SSSR count). The molecule has 0 amide bonds. The Labute approximate surface area is 81.7 Å². The first-order valence-electron chi connectivity index (χ1n) is 4.54. The summed E-state index contributed by atoms with van der Waals surface area (Å²) in [7, 11) is 0. The highest BCUT2D eigenvalue weighted by atomic mass is 16.6. The van der Waals surface area contributed by atoms with E-state index in [1.54, 1.807) is 12.4 Å². The van der Waals surface area contributed by atoms with Crippen LogP contribution in [0.5, 0.6) is 6.01 Å². The third-order valence-electron chi connectivity index (χ3n) is 2.02. The van der Waals surface area contributed by atoms with E-state index in [9.17, 15) is 0 Å². The molecule has 1 unspecified atom stereocenters. The third-order valence-corrected chi connectivity index (χ3v) is 2.02. The molecule has 76 valence electrons. The van der Waals surface area contributed by atoms with Crippen molar-refractivity contribution in [2.75, 3.05) is 13.2 Å². The van der Waals surface area contributed by atoms with Crippen LogP contribution in [-0.2, 0) is 11.3 Å². The molecular weight excluding hydrogens is 184 g/mol. The standard InChI is InChI=1S/C9H12N2O3/c12-5-7-3-10-9(11-4-7)14-8-1-2-13-6-8/h3-4,8,12H,1-2,5-6H2. The van der Waals surface area contributed by atoms with E-state index in [0.717, 1.165) is 13.0 Å². The Hall–Kier alpha value is -1.20. The smallest absolute Gasteiger partial charge is 0.316 e. The van der Waals surface area contributed by atoms with Crippen LogP contribution in [0.15, 0.2) is 12.4 Å². The molecule has 1 saturated heterocycles. The second-order valence-electron chi connectivity index (χ2n) is 3.14. The largest absolute Gasteiger partial charge is 0.458 e. The molecule has 0 radical (unpaired) electrons. The Morgan fingerprint density at radius 1 is 1.50 bits per heavy atom. The maximum atomic E-state index is 8.77. The summed E-state index contributed by atoms with van der Waals surface area (Å²) in [4.78, 5) is 7.93. The molecule has 1 aromatic rings. The molecule has 1 aliphatic rings. The summed E-state index contributed by atoms with van der Waals surface area (Å²) >= 11 is 0. The first-order valence-corrected chi connectivity index (χ1v) is 4.54. The topological polar surface area (TPSA) is 64.5 Å². The molecule has 1 fully saturated rings. The van der Waals surface area contributed by atoms with Crippen LogP contribution in [-0.4, -0.2) is 34.4 Å². The van der Waals surface area contributed by atoms with Crippen LogP contribution in [0.1, 0.15) is 12.0 Å². The van der Waals surface area contributed by atoms with Gasteiger partial charge in [0.25, 0.3) is 0 Å². The molecule has 1 aliphatic heterocycles. The van der Waals surface area contributed by atoms with Crippen molar-refractivity contribution in [1.82, 2.24) is 9.97 Å². The average Bonchev–Trinajstić information content (AvgIpc) is 2.72. The molecule has 0 aliphatic carbocycles. The van der Waals surface area contributed by atoms with E-state index in [4.69, 9.17) is 14.6 Å². The van der Waals surface area contributed by atoms with Crippen LogP contribution in [0.3, 0.4) is 0 Å². The van der Waals surface area contributed by atoms with Gasteiger partial charge in [0.1, 0.15) is 6.10 Å². The molecule has 2 heterocycles. The fraction of sp³-hybridized carbons (Fsp3) is 0.556. The summed E-state index contributed by atoms with van der Waals surface area (Å²) in [6, 6.07) is 0.345. The molecule has 14 heavy (non-hydrogen) atoms. The van der Waals surface area contributed by atoms with Crippen LogP contribution in [0.25, 0.3) is 0 Å². The van der Waals surface area contributed by atoms with Crippen molar-refractivity contribution >= 4 is 0 Å². The number of rotatable bonds is 3. The Kier molecular flexibility index (Phi) is 2.90. The van der Waals surface area contributed by atoms with Crippen molar-refractivity contribution in [3.8, 4) is 6.01 Å². The maximum Gasteiger partial charge on any atom is 0.316 e. The molecule has 5 nitrogen and oxygen atoms in total. The molecule has 0 bridgehead atoms. The number of hydrogen-bond donors (Lipinski definition) is 1. The van der Waals surface area contributed by atoms with Crippen molar-refractivity contribution < 1.29 is 14.6 Å². The summed E-state index contributed by atoms with van der Waals surface area (Å²) in [6.45, 7) is 1.29. The molecule has 1 aromatic heterocycles. The molecule has 0 saturated carbocycles. The van der Waals surface area contributed by atoms with Gasteiger partial charge in [-0.05, 0) is 0 Å². The van der Waals surface area contributed by atoms with Crippen molar-refractivity contribution in [1.29, 1.82) is 0 Å². The van der Waals surface area contributed by atoms with Crippen LogP contribution < -0.4 is 4.74 Å². The molecule has 0 aromatic carbocycles. The van der Waals surface area contributed by atoms with Crippen molar-refractivity contribution in [2.24, 2.45) is 0 Å². The first-order chi connectivity index (χ1) is 6.88. The van der Waals surface area contributed by atoms with Gasteiger partial charge in [-0.3, -0.25) is 0 Å². The van der Waals surface area contributed by atoms with Gasteiger partial charge in [-0.1, -0.05) is 0 Å². The zero-order valence-electron chi connectivity index (χ0n) is 7.72. The van der Waals surface area contributed by atoms with E-state index in [1.807, 2.05) is 0 Å². The van der Waals surface area contributed by atoms with Gasteiger partial charge in [0.05, 0.1) is 19.8 Å². The van der Waals surface area contributed by atoms with Gasteiger partial charge in [-0.15, -0.1) is 0 Å². The lowest BCUT2D eigenvalue weighted by Gasteiger charge is -2.08. The number of aliphatic hydroxyl groups is 1. The number of nitrogens with zero attached hydrogens (tertiary/aromatic N) is 2. The third kappa shape index (κ3) is 2.18. The van der Waals surface area contributed by atoms with Gasteiger partial charge in [0.2, 0.25) is 0 Å². The van der Waals surface area contributed by atoms with E-state index in [-0.39, 0.29) is 12.7 Å². The van der Waals surface area contributed by atoms with Gasteiger partial charge in [-0.2, -0.15) is 0 Å². The Morgan fingerprint density at radius 3 is 2.86 bits per heavy atom. The number of aliphatic hydroxyl groups excluding tert-OH is 1. The monoisotopic (exact) mass is 196 g/mol. The predicted molar refractivity (Wildman–Crippen MR) is 47.8 cm³/mol. The second-order valence-corrected chi connectivity index (χ2v) is 3.14. The van der Waals surface area contributed by atoms with Gasteiger partial charge in [-0.25, -0.2) is 9.97 Å². The van der Waals surface area contributed by atoms with E-state index < -0.39 is 0 Å². The molecule has 1 atom stereocenters. The quantitative estimate of drug-likeness (QED) is 0.744. The van der Waals surface area contributed by atoms with Crippen LogP contribution in [0, 0.1) is 0 Å². The molecule has 5 heteroatoms. The Balaban J connectivity index is 1.95. The maximum absolute atomic E-state index is 8.77. The van der Waals surface area contributed by atoms with Gasteiger partial charge >= 0.3 is 6.01 Å². The minimum absolute atomic E-state index is 0.0488. The highest BCUT2D eigenvalue weighted by Crippen LogP contribution is 2.11. The fourth-order valence-electron chi connectivity index (χ4n) is 1.24. The summed E-state index contributed by atoms with van der Waals surface area (Å²) in [5.74, 6) is 0. The van der Waals surface area contributed by atoms with Crippen molar-refractivity contribution in [3.63, 3.8) is 0 Å². The summed E-state index contributed by atoms with van der Waals surface area (Å²) in [6.07, 6.45) is 4.05. The van der Waals surface area contributed by atoms with Crippen LogP contribution >= 0.6 is 0 Å². The van der Waals surface area contributed by atoms with E-state index in [0.29, 0.717) is 18.2 Å². The zero-order chi connectivity index (χ0) is 9.80. The lowest BCUT2D eigenvalue weighted by molar-refractivity contribution is 0.134. The van der Waals surface area contributed by atoms with E-state index >= 15 is 0 Å². The van der Waals surface area contributed by atoms with Crippen LogP contribution in [0.2, 0.25) is 0 Å². The lowest BCUT2D eigenvalue weighted by Crippen LogP contribution is -2.17. The van der Waals surface area contributed by atoms with Crippen molar-refractivity contribution in [3.05, 3.63) is 18.0 Å². The number of hydrogen-bond acceptors (Lipinski definition) is 5. The molecule has 0 spiro atoms. The number of ether oxygens (including phenoxy) is 2. The van der Waals surface area contributed by atoms with Crippen LogP contribution in [0.4, 0.5) is 0 Å². The zero-order valence-corrected chi connectivity index (χ0v) is 7.72. The number of aromatic nitrogens is 2. The fourth-order valence-corrected chi connectivity index (χ4v) is 1.24. The average molecular weight is 196 g/mol. The lowest BCUT2D eigenvalue weighted by atomic mass is 10.3. The van der Waals surface area contributed by atoms with Gasteiger partial charge in [0, 0.05) is 24.4 Å². The molecule has 1 N–H and O–H groups in total. The normalized spacial score (nSPS) is 21.1. The van der Waals surface area contributed by atoms with E-state index in [2.05, 4.69) is 9.97 Å². The highest BCUT2D eigenvalue weighted by molar-refractivity contribution is 5.06. The minimum Gasteiger partial charge on any atom is -0.458 e. The predicted octanol–water partition coefficient (Wildman–Crippen LogP) is 0.137. The first kappa shape index (κ1) is 9.36. The second kappa shape index (κ2) is 4.34. The van der Waals surface area contributed by atoms with E-state index in [1.165, 1.54) is 0 Å². The SMILES string of the molecule is OCc1cnc(OC2CCOC2)nc1. The summed E-state index contributed by atoms with van der Waals surface area (Å²) in [5.41, 5.74) is 0.681. The Morgan fingerprint density at radius 2 is 2.29 bits per heavy atom. The van der Waals surface area contributed by atoms with Gasteiger partial charge in [0.15, 0.2) is 0 Å². The molecular formula is C9H12N2O3.